The summed E-state index contributed by atoms with van der Waals surface area (Å²) in [4.78, 5) is 19.9. The van der Waals surface area contributed by atoms with E-state index in [1.807, 2.05) is 11.0 Å². The van der Waals surface area contributed by atoms with Crippen molar-refractivity contribution in [3.8, 4) is 0 Å². The third-order valence-electron chi connectivity index (χ3n) is 4.50. The largest absolute Gasteiger partial charge is 0.353 e. The van der Waals surface area contributed by atoms with Crippen molar-refractivity contribution in [1.29, 1.82) is 0 Å². The van der Waals surface area contributed by atoms with Crippen LogP contribution in [0, 0.1) is 11.6 Å². The first-order chi connectivity index (χ1) is 13.8. The number of amides is 1. The molecule has 0 saturated carbocycles. The number of benzene rings is 1. The van der Waals surface area contributed by atoms with E-state index in [0.29, 0.717) is 37.3 Å². The highest BCUT2D eigenvalue weighted by Gasteiger charge is 2.22. The summed E-state index contributed by atoms with van der Waals surface area (Å²) >= 11 is 5.83. The fraction of sp³-hybridized carbons (Fsp3) is 0.333. The van der Waals surface area contributed by atoms with Gasteiger partial charge in [0.25, 0.3) is 0 Å². The number of halogens is 3. The zero-order chi connectivity index (χ0) is 21.0. The Kier molecular flexibility index (Phi) is 6.66. The molecule has 2 aromatic rings. The molecule has 0 bridgehead atoms. The molecule has 1 saturated heterocycles. The maximum atomic E-state index is 13.2. The van der Waals surface area contributed by atoms with Crippen LogP contribution >= 0.6 is 11.6 Å². The number of pyridine rings is 1. The number of anilines is 1. The molecule has 1 amide bonds. The van der Waals surface area contributed by atoms with Crippen LogP contribution in [0.3, 0.4) is 0 Å². The predicted octanol–water partition coefficient (Wildman–Crippen LogP) is 2.03. The Morgan fingerprint density at radius 2 is 1.83 bits per heavy atom. The minimum atomic E-state index is -4.03. The van der Waals surface area contributed by atoms with Crippen LogP contribution in [0.1, 0.15) is 6.42 Å². The standard InChI is InChI=1S/C18H19ClF2N4O3S/c19-13-1-4-17(22-12-13)24-7-9-25(10-8-24)18(26)5-6-23-29(27,28)14-2-3-15(20)16(21)11-14/h1-4,11-12,23H,5-10H2. The molecule has 1 fully saturated rings. The number of hydrogen-bond donors (Lipinski definition) is 1. The van der Waals surface area contributed by atoms with E-state index >= 15 is 0 Å². The Bertz CT molecular complexity index is 981. The Morgan fingerprint density at radius 3 is 2.45 bits per heavy atom. The fourth-order valence-corrected chi connectivity index (χ4v) is 4.07. The van der Waals surface area contributed by atoms with Gasteiger partial charge in [-0.25, -0.2) is 26.9 Å². The van der Waals surface area contributed by atoms with Crippen LogP contribution in [0.25, 0.3) is 0 Å². The van der Waals surface area contributed by atoms with Gasteiger partial charge in [-0.15, -0.1) is 0 Å². The number of carbonyl (C=O) groups excluding carboxylic acids is 1. The van der Waals surface area contributed by atoms with Crippen molar-refractivity contribution in [3.05, 3.63) is 53.2 Å². The van der Waals surface area contributed by atoms with E-state index in [0.717, 1.165) is 18.0 Å². The smallest absolute Gasteiger partial charge is 0.240 e. The first kappa shape index (κ1) is 21.4. The maximum absolute atomic E-state index is 13.2. The number of sulfonamides is 1. The van der Waals surface area contributed by atoms with Gasteiger partial charge in [0, 0.05) is 45.3 Å². The molecule has 7 nitrogen and oxygen atoms in total. The Balaban J connectivity index is 1.47. The molecule has 156 valence electrons. The molecule has 1 N–H and O–H groups in total. The van der Waals surface area contributed by atoms with Crippen LogP contribution in [0.2, 0.25) is 5.02 Å². The van der Waals surface area contributed by atoms with Gasteiger partial charge < -0.3 is 9.80 Å². The van der Waals surface area contributed by atoms with Gasteiger partial charge >= 0.3 is 0 Å². The van der Waals surface area contributed by atoms with Crippen molar-refractivity contribution in [2.75, 3.05) is 37.6 Å². The number of carbonyl (C=O) groups is 1. The first-order valence-corrected chi connectivity index (χ1v) is 10.7. The lowest BCUT2D eigenvalue weighted by atomic mass is 10.2. The normalized spacial score (nSPS) is 14.9. The van der Waals surface area contributed by atoms with Crippen molar-refractivity contribution < 1.29 is 22.0 Å². The summed E-state index contributed by atoms with van der Waals surface area (Å²) in [6.45, 7) is 2.03. The molecule has 1 aromatic heterocycles. The molecule has 0 atom stereocenters. The summed E-state index contributed by atoms with van der Waals surface area (Å²) in [6, 6.07) is 5.87. The SMILES string of the molecule is O=C(CCNS(=O)(=O)c1ccc(F)c(F)c1)N1CCN(c2ccc(Cl)cn2)CC1. The monoisotopic (exact) mass is 444 g/mol. The Labute approximate surface area is 172 Å². The average Bonchev–Trinajstić information content (AvgIpc) is 2.70. The second kappa shape index (κ2) is 9.02. The second-order valence-corrected chi connectivity index (χ2v) is 8.63. The number of rotatable bonds is 6. The van der Waals surface area contributed by atoms with E-state index in [1.54, 1.807) is 17.2 Å². The van der Waals surface area contributed by atoms with Crippen LogP contribution < -0.4 is 9.62 Å². The molecule has 29 heavy (non-hydrogen) atoms. The Morgan fingerprint density at radius 1 is 1.10 bits per heavy atom. The van der Waals surface area contributed by atoms with Crippen molar-refractivity contribution in [2.24, 2.45) is 0 Å². The molecule has 0 unspecified atom stereocenters. The predicted molar refractivity (Wildman–Crippen MR) is 104 cm³/mol. The topological polar surface area (TPSA) is 82.6 Å². The summed E-state index contributed by atoms with van der Waals surface area (Å²) in [5, 5.41) is 0.549. The molecule has 11 heteroatoms. The van der Waals surface area contributed by atoms with Gasteiger partial charge in [0.15, 0.2) is 11.6 Å². The number of piperazine rings is 1. The van der Waals surface area contributed by atoms with E-state index in [9.17, 15) is 22.0 Å². The highest BCUT2D eigenvalue weighted by molar-refractivity contribution is 7.89. The van der Waals surface area contributed by atoms with Crippen LogP contribution in [0.5, 0.6) is 0 Å². The van der Waals surface area contributed by atoms with Gasteiger partial charge in [-0.3, -0.25) is 4.79 Å². The van der Waals surface area contributed by atoms with Crippen molar-refractivity contribution in [1.82, 2.24) is 14.6 Å². The van der Waals surface area contributed by atoms with Crippen LogP contribution in [0.15, 0.2) is 41.4 Å². The molecule has 0 radical (unpaired) electrons. The molecule has 1 aliphatic rings. The number of nitrogens with one attached hydrogen (secondary N) is 1. The van der Waals surface area contributed by atoms with Gasteiger partial charge in [-0.2, -0.15) is 0 Å². The van der Waals surface area contributed by atoms with E-state index < -0.39 is 26.6 Å². The van der Waals surface area contributed by atoms with Crippen LogP contribution in [0.4, 0.5) is 14.6 Å². The third-order valence-corrected chi connectivity index (χ3v) is 6.18. The van der Waals surface area contributed by atoms with Crippen molar-refractivity contribution in [3.63, 3.8) is 0 Å². The lowest BCUT2D eigenvalue weighted by Crippen LogP contribution is -2.49. The zero-order valence-electron chi connectivity index (χ0n) is 15.3. The number of hydrogen-bond acceptors (Lipinski definition) is 5. The van der Waals surface area contributed by atoms with Crippen LogP contribution in [-0.2, 0) is 14.8 Å². The van der Waals surface area contributed by atoms with Gasteiger partial charge in [0.2, 0.25) is 15.9 Å². The van der Waals surface area contributed by atoms with Gasteiger partial charge in [0.1, 0.15) is 5.82 Å². The van der Waals surface area contributed by atoms with Gasteiger partial charge in [-0.05, 0) is 30.3 Å². The zero-order valence-corrected chi connectivity index (χ0v) is 16.9. The molecular formula is C18H19ClF2N4O3S. The Hall–Kier alpha value is -2.30. The van der Waals surface area contributed by atoms with Gasteiger partial charge in [-0.1, -0.05) is 11.6 Å². The summed E-state index contributed by atoms with van der Waals surface area (Å²) in [5.74, 6) is -1.80. The minimum Gasteiger partial charge on any atom is -0.353 e. The summed E-state index contributed by atoms with van der Waals surface area (Å²) in [5.41, 5.74) is 0. The number of nitrogens with zero attached hydrogens (tertiary/aromatic N) is 3. The molecule has 0 spiro atoms. The van der Waals surface area contributed by atoms with Crippen molar-refractivity contribution in [2.45, 2.75) is 11.3 Å². The maximum Gasteiger partial charge on any atom is 0.240 e. The molecule has 1 aliphatic heterocycles. The molecule has 3 rings (SSSR count). The molecular weight excluding hydrogens is 426 g/mol. The molecule has 1 aromatic carbocycles. The number of aromatic nitrogens is 1. The van der Waals surface area contributed by atoms with E-state index in [-0.39, 0.29) is 18.9 Å². The van der Waals surface area contributed by atoms with Crippen molar-refractivity contribution >= 4 is 33.3 Å². The fourth-order valence-electron chi connectivity index (χ4n) is 2.92. The van der Waals surface area contributed by atoms with E-state index in [1.165, 1.54) is 0 Å². The molecule has 0 aliphatic carbocycles. The summed E-state index contributed by atoms with van der Waals surface area (Å²) < 4.78 is 52.7. The van der Waals surface area contributed by atoms with Crippen LogP contribution in [-0.4, -0.2) is 56.9 Å². The van der Waals surface area contributed by atoms with E-state index in [2.05, 4.69) is 9.71 Å². The average molecular weight is 445 g/mol. The lowest BCUT2D eigenvalue weighted by Gasteiger charge is -2.35. The summed E-state index contributed by atoms with van der Waals surface area (Å²) in [6.07, 6.45) is 1.52. The highest BCUT2D eigenvalue weighted by Crippen LogP contribution is 2.17. The quantitative estimate of drug-likeness (QED) is 0.737. The minimum absolute atomic E-state index is 0.0396. The third kappa shape index (κ3) is 5.40. The van der Waals surface area contributed by atoms with E-state index in [4.69, 9.17) is 11.6 Å². The first-order valence-electron chi connectivity index (χ1n) is 8.85. The molecule has 2 heterocycles. The highest BCUT2D eigenvalue weighted by atomic mass is 35.5. The lowest BCUT2D eigenvalue weighted by molar-refractivity contribution is -0.131. The summed E-state index contributed by atoms with van der Waals surface area (Å²) in [7, 11) is -4.03. The van der Waals surface area contributed by atoms with Gasteiger partial charge in [0.05, 0.1) is 9.92 Å². The second-order valence-electron chi connectivity index (χ2n) is 6.43.